The molecule has 0 aliphatic carbocycles. The van der Waals surface area contributed by atoms with Crippen LogP contribution in [0.4, 0.5) is 0 Å². The van der Waals surface area contributed by atoms with Gasteiger partial charge in [0.1, 0.15) is 6.79 Å². The lowest BCUT2D eigenvalue weighted by atomic mass is 9.91. The highest BCUT2D eigenvalue weighted by Crippen LogP contribution is 2.45. The summed E-state index contributed by atoms with van der Waals surface area (Å²) >= 11 is 0. The van der Waals surface area contributed by atoms with Crippen LogP contribution in [0.1, 0.15) is 59.8 Å². The lowest BCUT2D eigenvalue weighted by Gasteiger charge is -2.36. The Balaban J connectivity index is 1.88. The molecule has 0 amide bonds. The van der Waals surface area contributed by atoms with E-state index in [0.717, 1.165) is 25.7 Å². The summed E-state index contributed by atoms with van der Waals surface area (Å²) in [6.07, 6.45) is 7.40. The molecule has 0 radical (unpaired) electrons. The number of hydrogen-bond donors (Lipinski definition) is 2. The Morgan fingerprint density at radius 2 is 1.93 bits per heavy atom. The molecule has 7 atom stereocenters. The molecule has 2 N–H and O–H groups in total. The van der Waals surface area contributed by atoms with E-state index in [2.05, 4.69) is 13.8 Å². The second-order valence-electron chi connectivity index (χ2n) is 8.54. The quantitative estimate of drug-likeness (QED) is 0.444. The third-order valence-electron chi connectivity index (χ3n) is 6.35. The smallest absolute Gasteiger partial charge is 0.146 e. The van der Waals surface area contributed by atoms with Crippen molar-refractivity contribution >= 4 is 0 Å². The fourth-order valence-corrected chi connectivity index (χ4v) is 4.17. The van der Waals surface area contributed by atoms with Gasteiger partial charge in [0, 0.05) is 19.4 Å². The fourth-order valence-electron chi connectivity index (χ4n) is 4.17. The standard InChI is InChI=1S/C21H38O6/c1-15(7-6-12-22)18(23)13-17-8-10-21(4,26-17)19-9-11-20(3,27-19)16(2)25-14-24-5/h6-7,15-19,22-23H,8-14H2,1-5H3/b7-6+/t15-,16-,17+,18+,19-,20+,21+/m1/s1. The van der Waals surface area contributed by atoms with Crippen molar-refractivity contribution in [3.05, 3.63) is 12.2 Å². The van der Waals surface area contributed by atoms with E-state index in [9.17, 15) is 5.11 Å². The number of aliphatic hydroxyl groups is 2. The van der Waals surface area contributed by atoms with Crippen LogP contribution in [0.5, 0.6) is 0 Å². The van der Waals surface area contributed by atoms with Gasteiger partial charge in [-0.3, -0.25) is 0 Å². The summed E-state index contributed by atoms with van der Waals surface area (Å²) in [5.41, 5.74) is -0.663. The minimum atomic E-state index is -0.475. The normalized spacial score (nSPS) is 37.7. The van der Waals surface area contributed by atoms with Crippen LogP contribution in [0, 0.1) is 5.92 Å². The van der Waals surface area contributed by atoms with Crippen LogP contribution in [-0.2, 0) is 18.9 Å². The average molecular weight is 387 g/mol. The van der Waals surface area contributed by atoms with E-state index < -0.39 is 6.10 Å². The van der Waals surface area contributed by atoms with Crippen molar-refractivity contribution in [1.29, 1.82) is 0 Å². The van der Waals surface area contributed by atoms with Gasteiger partial charge in [0.05, 0.1) is 42.2 Å². The van der Waals surface area contributed by atoms with Gasteiger partial charge < -0.3 is 29.2 Å². The van der Waals surface area contributed by atoms with Crippen LogP contribution in [-0.4, -0.2) is 66.3 Å². The Morgan fingerprint density at radius 1 is 1.19 bits per heavy atom. The van der Waals surface area contributed by atoms with Gasteiger partial charge in [0.25, 0.3) is 0 Å². The molecule has 2 saturated heterocycles. The monoisotopic (exact) mass is 386 g/mol. The number of rotatable bonds is 10. The molecular weight excluding hydrogens is 348 g/mol. The first kappa shape index (κ1) is 22.8. The van der Waals surface area contributed by atoms with Crippen LogP contribution in [0.2, 0.25) is 0 Å². The minimum absolute atomic E-state index is 0.000631. The average Bonchev–Trinajstić information content (AvgIpc) is 3.22. The van der Waals surface area contributed by atoms with Crippen LogP contribution in [0.15, 0.2) is 12.2 Å². The topological polar surface area (TPSA) is 77.4 Å². The van der Waals surface area contributed by atoms with Gasteiger partial charge in [0.2, 0.25) is 0 Å². The summed E-state index contributed by atoms with van der Waals surface area (Å²) in [7, 11) is 1.62. The van der Waals surface area contributed by atoms with E-state index in [1.54, 1.807) is 13.2 Å². The number of ether oxygens (including phenoxy) is 4. The Bertz CT molecular complexity index is 483. The lowest BCUT2D eigenvalue weighted by Crippen LogP contribution is -2.45. The molecule has 0 spiro atoms. The SMILES string of the molecule is COCO[C@H](C)[C@]1(C)CC[C@H]([C@]2(C)CC[C@@H](C[C@H](O)[C@H](C)/C=C/CO)O2)O1. The van der Waals surface area contributed by atoms with E-state index in [4.69, 9.17) is 24.1 Å². The summed E-state index contributed by atoms with van der Waals surface area (Å²) < 4.78 is 23.6. The molecular formula is C21H38O6. The molecule has 2 heterocycles. The van der Waals surface area contributed by atoms with E-state index >= 15 is 0 Å². The summed E-state index contributed by atoms with van der Waals surface area (Å²) in [5.74, 6) is -0.00240. The van der Waals surface area contributed by atoms with Crippen molar-refractivity contribution in [3.8, 4) is 0 Å². The molecule has 0 bridgehead atoms. The Hall–Kier alpha value is -0.500. The first-order valence-electron chi connectivity index (χ1n) is 10.2. The van der Waals surface area contributed by atoms with Crippen LogP contribution in [0.25, 0.3) is 0 Å². The van der Waals surface area contributed by atoms with E-state index in [-0.39, 0.29) is 48.8 Å². The van der Waals surface area contributed by atoms with Crippen LogP contribution < -0.4 is 0 Å². The van der Waals surface area contributed by atoms with Gasteiger partial charge in [0.15, 0.2) is 0 Å². The third-order valence-corrected chi connectivity index (χ3v) is 6.35. The second kappa shape index (κ2) is 9.81. The minimum Gasteiger partial charge on any atom is -0.392 e. The highest BCUT2D eigenvalue weighted by atomic mass is 16.7. The van der Waals surface area contributed by atoms with Gasteiger partial charge in [-0.25, -0.2) is 0 Å². The van der Waals surface area contributed by atoms with Crippen molar-refractivity contribution in [1.82, 2.24) is 0 Å². The molecule has 158 valence electrons. The van der Waals surface area contributed by atoms with E-state index in [0.29, 0.717) is 6.42 Å². The maximum Gasteiger partial charge on any atom is 0.146 e. The Labute approximate surface area is 163 Å². The Morgan fingerprint density at radius 3 is 2.59 bits per heavy atom. The predicted molar refractivity (Wildman–Crippen MR) is 103 cm³/mol. The second-order valence-corrected chi connectivity index (χ2v) is 8.54. The molecule has 2 fully saturated rings. The third kappa shape index (κ3) is 5.75. The van der Waals surface area contributed by atoms with E-state index in [1.165, 1.54) is 0 Å². The van der Waals surface area contributed by atoms with Gasteiger partial charge in [-0.05, 0) is 46.5 Å². The summed E-state index contributed by atoms with van der Waals surface area (Å²) in [6.45, 7) is 8.48. The highest BCUT2D eigenvalue weighted by molar-refractivity contribution is 5.01. The van der Waals surface area contributed by atoms with Gasteiger partial charge >= 0.3 is 0 Å². The molecule has 0 saturated carbocycles. The maximum absolute atomic E-state index is 10.4. The molecule has 0 aromatic carbocycles. The molecule has 6 heteroatoms. The Kier molecular flexibility index (Phi) is 8.28. The molecule has 6 nitrogen and oxygen atoms in total. The first-order chi connectivity index (χ1) is 12.7. The van der Waals surface area contributed by atoms with Crippen molar-refractivity contribution < 1.29 is 29.2 Å². The fraction of sp³-hybridized carbons (Fsp3) is 0.905. The lowest BCUT2D eigenvalue weighted by molar-refractivity contribution is -0.194. The molecule has 27 heavy (non-hydrogen) atoms. The summed E-state index contributed by atoms with van der Waals surface area (Å²) in [5, 5.41) is 19.3. The predicted octanol–water partition coefficient (Wildman–Crippen LogP) is 2.81. The molecule has 2 aliphatic rings. The highest BCUT2D eigenvalue weighted by Gasteiger charge is 2.51. The molecule has 2 aliphatic heterocycles. The molecule has 0 unspecified atom stereocenters. The van der Waals surface area contributed by atoms with Crippen molar-refractivity contribution in [2.45, 2.75) is 95.4 Å². The summed E-state index contributed by atoms with van der Waals surface area (Å²) in [6, 6.07) is 0. The van der Waals surface area contributed by atoms with Crippen molar-refractivity contribution in [2.75, 3.05) is 20.5 Å². The van der Waals surface area contributed by atoms with Crippen LogP contribution in [0.3, 0.4) is 0 Å². The maximum atomic E-state index is 10.4. The number of hydrogen-bond acceptors (Lipinski definition) is 6. The molecule has 0 aromatic rings. The van der Waals surface area contributed by atoms with Gasteiger partial charge in [-0.1, -0.05) is 19.1 Å². The zero-order chi connectivity index (χ0) is 20.1. The van der Waals surface area contributed by atoms with Gasteiger partial charge in [-0.15, -0.1) is 0 Å². The first-order valence-corrected chi connectivity index (χ1v) is 10.2. The number of aliphatic hydroxyl groups excluding tert-OH is 2. The van der Waals surface area contributed by atoms with Gasteiger partial charge in [-0.2, -0.15) is 0 Å². The largest absolute Gasteiger partial charge is 0.392 e. The van der Waals surface area contributed by atoms with Crippen LogP contribution >= 0.6 is 0 Å². The molecule has 2 rings (SSSR count). The zero-order valence-electron chi connectivity index (χ0n) is 17.5. The van der Waals surface area contributed by atoms with Crippen molar-refractivity contribution in [2.24, 2.45) is 5.92 Å². The van der Waals surface area contributed by atoms with E-state index in [1.807, 2.05) is 19.9 Å². The molecule has 0 aromatic heterocycles. The zero-order valence-corrected chi connectivity index (χ0v) is 17.5. The van der Waals surface area contributed by atoms with Crippen molar-refractivity contribution in [3.63, 3.8) is 0 Å². The summed E-state index contributed by atoms with van der Waals surface area (Å²) in [4.78, 5) is 0. The number of methoxy groups -OCH3 is 1.